The Hall–Kier alpha value is -1.36. The first-order valence-electron chi connectivity index (χ1n) is 5.60. The average molecular weight is 234 g/mol. The quantitative estimate of drug-likeness (QED) is 0.822. The van der Waals surface area contributed by atoms with Gasteiger partial charge in [-0.2, -0.15) is 4.98 Å². The van der Waals surface area contributed by atoms with E-state index in [0.29, 0.717) is 5.69 Å². The fraction of sp³-hybridized carbons (Fsp3) is 0.455. The molecule has 5 heteroatoms. The van der Waals surface area contributed by atoms with Crippen LogP contribution in [0.2, 0.25) is 0 Å². The molecule has 1 aliphatic heterocycles. The molecule has 1 aliphatic rings. The van der Waals surface area contributed by atoms with E-state index in [-0.39, 0.29) is 0 Å². The van der Waals surface area contributed by atoms with Gasteiger partial charge in [0.05, 0.1) is 16.6 Å². The lowest BCUT2D eigenvalue weighted by Crippen LogP contribution is -2.29. The van der Waals surface area contributed by atoms with Gasteiger partial charge in [0.25, 0.3) is 0 Å². The molecular formula is C11H14N4S. The van der Waals surface area contributed by atoms with Crippen LogP contribution in [0, 0.1) is 0 Å². The molecule has 0 amide bonds. The van der Waals surface area contributed by atoms with E-state index >= 15 is 0 Å². The van der Waals surface area contributed by atoms with Crippen LogP contribution in [-0.2, 0) is 0 Å². The zero-order chi connectivity index (χ0) is 11.0. The van der Waals surface area contributed by atoms with Gasteiger partial charge in [-0.05, 0) is 25.3 Å². The van der Waals surface area contributed by atoms with Crippen molar-refractivity contribution in [2.24, 2.45) is 0 Å². The number of nitrogens with zero attached hydrogens (tertiary/aromatic N) is 3. The lowest BCUT2D eigenvalue weighted by Gasteiger charge is -2.25. The van der Waals surface area contributed by atoms with Gasteiger partial charge in [-0.3, -0.25) is 0 Å². The van der Waals surface area contributed by atoms with E-state index in [4.69, 9.17) is 5.73 Å². The van der Waals surface area contributed by atoms with Gasteiger partial charge in [0, 0.05) is 13.1 Å². The molecule has 0 unspecified atom stereocenters. The van der Waals surface area contributed by atoms with Crippen LogP contribution in [0.4, 0.5) is 10.8 Å². The molecule has 2 aromatic heterocycles. The van der Waals surface area contributed by atoms with Crippen molar-refractivity contribution in [2.75, 3.05) is 23.7 Å². The molecule has 0 aliphatic carbocycles. The molecule has 2 N–H and O–H groups in total. The monoisotopic (exact) mass is 234 g/mol. The first-order valence-corrected chi connectivity index (χ1v) is 6.41. The summed E-state index contributed by atoms with van der Waals surface area (Å²) in [5.41, 5.74) is 7.24. The number of piperidine rings is 1. The molecule has 0 radical (unpaired) electrons. The molecule has 0 atom stereocenters. The van der Waals surface area contributed by atoms with Crippen molar-refractivity contribution in [1.82, 2.24) is 9.97 Å². The molecule has 3 rings (SSSR count). The van der Waals surface area contributed by atoms with Crippen LogP contribution in [0.5, 0.6) is 0 Å². The van der Waals surface area contributed by atoms with Crippen molar-refractivity contribution < 1.29 is 0 Å². The van der Waals surface area contributed by atoms with Crippen LogP contribution in [0.3, 0.4) is 0 Å². The second kappa shape index (κ2) is 3.90. The Labute approximate surface area is 98.1 Å². The number of aromatic nitrogens is 2. The summed E-state index contributed by atoms with van der Waals surface area (Å²) < 4.78 is 1.08. The van der Waals surface area contributed by atoms with E-state index in [0.717, 1.165) is 28.6 Å². The number of hydrogen-bond acceptors (Lipinski definition) is 5. The predicted molar refractivity (Wildman–Crippen MR) is 67.9 cm³/mol. The van der Waals surface area contributed by atoms with E-state index in [1.54, 1.807) is 17.5 Å². The zero-order valence-corrected chi connectivity index (χ0v) is 9.83. The van der Waals surface area contributed by atoms with Crippen molar-refractivity contribution in [1.29, 1.82) is 0 Å². The average Bonchev–Trinajstić information content (AvgIpc) is 2.73. The summed E-state index contributed by atoms with van der Waals surface area (Å²) in [5.74, 6) is 0. The van der Waals surface area contributed by atoms with E-state index < -0.39 is 0 Å². The minimum atomic E-state index is 0.710. The number of nitrogen functional groups attached to an aromatic ring is 1. The second-order valence-electron chi connectivity index (χ2n) is 4.13. The summed E-state index contributed by atoms with van der Waals surface area (Å²) >= 11 is 1.69. The van der Waals surface area contributed by atoms with E-state index in [1.807, 2.05) is 6.07 Å². The van der Waals surface area contributed by atoms with Crippen molar-refractivity contribution in [2.45, 2.75) is 19.3 Å². The van der Waals surface area contributed by atoms with Crippen LogP contribution in [-0.4, -0.2) is 23.1 Å². The molecule has 0 spiro atoms. The number of anilines is 2. The largest absolute Gasteiger partial charge is 0.397 e. The second-order valence-corrected chi connectivity index (χ2v) is 5.14. The number of fused-ring (bicyclic) bond motifs is 1. The van der Waals surface area contributed by atoms with Crippen molar-refractivity contribution in [3.8, 4) is 0 Å². The van der Waals surface area contributed by atoms with Gasteiger partial charge < -0.3 is 10.6 Å². The Kier molecular flexibility index (Phi) is 2.40. The normalized spacial score (nSPS) is 16.9. The molecule has 84 valence electrons. The van der Waals surface area contributed by atoms with Crippen LogP contribution in [0.15, 0.2) is 12.3 Å². The molecule has 16 heavy (non-hydrogen) atoms. The van der Waals surface area contributed by atoms with Crippen LogP contribution in [0.1, 0.15) is 19.3 Å². The first kappa shape index (κ1) is 9.84. The van der Waals surface area contributed by atoms with Gasteiger partial charge in [-0.25, -0.2) is 4.98 Å². The molecule has 4 nitrogen and oxygen atoms in total. The number of hydrogen-bond donors (Lipinski definition) is 1. The Bertz CT molecular complexity index is 502. The van der Waals surface area contributed by atoms with Crippen molar-refractivity contribution >= 4 is 32.5 Å². The standard InChI is InChI=1S/C11H14N4S/c12-8-6-9-10(13-7-8)14-11(16-9)15-4-2-1-3-5-15/h6-7H,1-5,12H2. The summed E-state index contributed by atoms with van der Waals surface area (Å²) in [4.78, 5) is 11.2. The maximum atomic E-state index is 5.71. The van der Waals surface area contributed by atoms with Crippen LogP contribution < -0.4 is 10.6 Å². The molecule has 0 bridgehead atoms. The van der Waals surface area contributed by atoms with Gasteiger partial charge in [0.2, 0.25) is 0 Å². The molecule has 1 saturated heterocycles. The Morgan fingerprint density at radius 2 is 2.06 bits per heavy atom. The summed E-state index contributed by atoms with van der Waals surface area (Å²) in [7, 11) is 0. The van der Waals surface area contributed by atoms with E-state index in [9.17, 15) is 0 Å². The minimum absolute atomic E-state index is 0.710. The third-order valence-corrected chi connectivity index (χ3v) is 3.94. The number of pyridine rings is 1. The first-order chi connectivity index (χ1) is 7.83. The topological polar surface area (TPSA) is 55.0 Å². The highest BCUT2D eigenvalue weighted by Crippen LogP contribution is 2.30. The molecular weight excluding hydrogens is 220 g/mol. The fourth-order valence-corrected chi connectivity index (χ4v) is 3.07. The molecule has 0 saturated carbocycles. The Morgan fingerprint density at radius 1 is 1.25 bits per heavy atom. The smallest absolute Gasteiger partial charge is 0.188 e. The summed E-state index contributed by atoms with van der Waals surface area (Å²) in [6.07, 6.45) is 5.55. The summed E-state index contributed by atoms with van der Waals surface area (Å²) in [6, 6.07) is 1.95. The lowest BCUT2D eigenvalue weighted by molar-refractivity contribution is 0.577. The summed E-state index contributed by atoms with van der Waals surface area (Å²) in [6.45, 7) is 2.24. The Balaban J connectivity index is 1.97. The van der Waals surface area contributed by atoms with Crippen LogP contribution >= 0.6 is 11.3 Å². The molecule has 3 heterocycles. The van der Waals surface area contributed by atoms with Crippen molar-refractivity contribution in [3.05, 3.63) is 12.3 Å². The predicted octanol–water partition coefficient (Wildman–Crippen LogP) is 2.26. The highest BCUT2D eigenvalue weighted by atomic mass is 32.1. The Morgan fingerprint density at radius 3 is 2.88 bits per heavy atom. The number of rotatable bonds is 1. The summed E-state index contributed by atoms with van der Waals surface area (Å²) in [5, 5.41) is 1.09. The third-order valence-electron chi connectivity index (χ3n) is 2.88. The van der Waals surface area contributed by atoms with Gasteiger partial charge in [-0.15, -0.1) is 0 Å². The zero-order valence-electron chi connectivity index (χ0n) is 9.02. The van der Waals surface area contributed by atoms with Crippen molar-refractivity contribution in [3.63, 3.8) is 0 Å². The number of thiazole rings is 1. The SMILES string of the molecule is Nc1cnc2nc(N3CCCCC3)sc2c1. The minimum Gasteiger partial charge on any atom is -0.397 e. The highest BCUT2D eigenvalue weighted by molar-refractivity contribution is 7.22. The van der Waals surface area contributed by atoms with E-state index in [1.165, 1.54) is 19.3 Å². The van der Waals surface area contributed by atoms with Gasteiger partial charge in [0.15, 0.2) is 10.8 Å². The molecule has 1 fully saturated rings. The van der Waals surface area contributed by atoms with Gasteiger partial charge in [-0.1, -0.05) is 11.3 Å². The highest BCUT2D eigenvalue weighted by Gasteiger charge is 2.15. The maximum Gasteiger partial charge on any atom is 0.188 e. The molecule has 0 aromatic carbocycles. The lowest BCUT2D eigenvalue weighted by atomic mass is 10.1. The number of nitrogens with two attached hydrogens (primary N) is 1. The fourth-order valence-electron chi connectivity index (χ4n) is 2.04. The third kappa shape index (κ3) is 1.71. The maximum absolute atomic E-state index is 5.71. The van der Waals surface area contributed by atoms with Gasteiger partial charge >= 0.3 is 0 Å². The molecule has 2 aromatic rings. The van der Waals surface area contributed by atoms with Gasteiger partial charge in [0.1, 0.15) is 0 Å². The van der Waals surface area contributed by atoms with E-state index in [2.05, 4.69) is 14.9 Å². The van der Waals surface area contributed by atoms with Crippen LogP contribution in [0.25, 0.3) is 10.3 Å².